The van der Waals surface area contributed by atoms with E-state index in [4.69, 9.17) is 4.74 Å². The van der Waals surface area contributed by atoms with Crippen LogP contribution in [-0.2, 0) is 9.53 Å². The summed E-state index contributed by atoms with van der Waals surface area (Å²) in [6.07, 6.45) is 5.91. The van der Waals surface area contributed by atoms with Crippen molar-refractivity contribution < 1.29 is 9.53 Å². The molecule has 1 heterocycles. The number of rotatable bonds is 4. The predicted molar refractivity (Wildman–Crippen MR) is 62.3 cm³/mol. The number of carbonyl (C=O) groups excluding carboxylic acids is 1. The van der Waals surface area contributed by atoms with Crippen LogP contribution in [0.4, 0.5) is 0 Å². The molecular weight excluding hydrogens is 204 g/mol. The van der Waals surface area contributed by atoms with E-state index in [0.29, 0.717) is 12.6 Å². The van der Waals surface area contributed by atoms with Crippen molar-refractivity contribution in [2.45, 2.75) is 44.2 Å². The zero-order chi connectivity index (χ0) is 11.4. The number of hydrogen-bond donors (Lipinski definition) is 1. The number of nitrogens with zero attached hydrogens (tertiary/aromatic N) is 1. The van der Waals surface area contributed by atoms with Crippen LogP contribution in [0.15, 0.2) is 0 Å². The lowest BCUT2D eigenvalue weighted by Crippen LogP contribution is -2.54. The molecule has 1 unspecified atom stereocenters. The topological polar surface area (TPSA) is 41.6 Å². The zero-order valence-electron chi connectivity index (χ0n) is 10.1. The zero-order valence-corrected chi connectivity index (χ0v) is 10.1. The normalized spacial score (nSPS) is 27.7. The minimum absolute atomic E-state index is 0.194. The third-order valence-electron chi connectivity index (χ3n) is 3.66. The van der Waals surface area contributed by atoms with E-state index in [1.54, 1.807) is 0 Å². The lowest BCUT2D eigenvalue weighted by molar-refractivity contribution is -0.152. The van der Waals surface area contributed by atoms with E-state index in [9.17, 15) is 4.79 Å². The summed E-state index contributed by atoms with van der Waals surface area (Å²) in [7, 11) is 1.95. The number of ether oxygens (including phenoxy) is 1. The molecule has 92 valence electrons. The highest BCUT2D eigenvalue weighted by atomic mass is 16.5. The number of amides is 1. The van der Waals surface area contributed by atoms with Crippen molar-refractivity contribution in [2.24, 2.45) is 0 Å². The molecule has 2 rings (SSSR count). The van der Waals surface area contributed by atoms with Crippen LogP contribution in [0, 0.1) is 0 Å². The number of morpholine rings is 1. The summed E-state index contributed by atoms with van der Waals surface area (Å²) in [5.74, 6) is 0.194. The Labute approximate surface area is 97.3 Å². The van der Waals surface area contributed by atoms with E-state index in [1.165, 1.54) is 25.7 Å². The molecule has 1 atom stereocenters. The maximum absolute atomic E-state index is 11.9. The van der Waals surface area contributed by atoms with Crippen LogP contribution < -0.4 is 5.32 Å². The molecule has 1 saturated carbocycles. The highest BCUT2D eigenvalue weighted by molar-refractivity contribution is 5.78. The van der Waals surface area contributed by atoms with Crippen LogP contribution in [0.5, 0.6) is 0 Å². The van der Waals surface area contributed by atoms with Gasteiger partial charge in [-0.25, -0.2) is 0 Å². The molecular formula is C12H22N2O2. The third kappa shape index (κ3) is 2.55. The number of nitrogens with one attached hydrogen (secondary N) is 1. The Morgan fingerprint density at radius 2 is 2.19 bits per heavy atom. The van der Waals surface area contributed by atoms with Gasteiger partial charge < -0.3 is 15.0 Å². The second kappa shape index (κ2) is 5.64. The molecule has 0 aromatic carbocycles. The largest absolute Gasteiger partial charge is 0.369 e. The first-order chi connectivity index (χ1) is 7.83. The van der Waals surface area contributed by atoms with Crippen molar-refractivity contribution in [2.75, 3.05) is 26.8 Å². The molecule has 1 N–H and O–H groups in total. The standard InChI is InChI=1S/C12H22N2O2/c1-13-7-6-11-8-16-9-12(15)14(11)10-4-2-3-5-10/h10-11,13H,2-9H2,1H3. The fraction of sp³-hybridized carbons (Fsp3) is 0.917. The first kappa shape index (κ1) is 11.9. The van der Waals surface area contributed by atoms with E-state index < -0.39 is 0 Å². The van der Waals surface area contributed by atoms with Gasteiger partial charge in [0.05, 0.1) is 12.6 Å². The van der Waals surface area contributed by atoms with Crippen LogP contribution in [0.3, 0.4) is 0 Å². The third-order valence-corrected chi connectivity index (χ3v) is 3.66. The maximum Gasteiger partial charge on any atom is 0.249 e. The summed E-state index contributed by atoms with van der Waals surface area (Å²) in [6.45, 7) is 1.95. The molecule has 0 aromatic heterocycles. The molecule has 4 nitrogen and oxygen atoms in total. The quantitative estimate of drug-likeness (QED) is 0.769. The van der Waals surface area contributed by atoms with E-state index in [2.05, 4.69) is 10.2 Å². The van der Waals surface area contributed by atoms with Gasteiger partial charge >= 0.3 is 0 Å². The molecule has 1 aliphatic carbocycles. The second-order valence-corrected chi connectivity index (χ2v) is 4.80. The van der Waals surface area contributed by atoms with Gasteiger partial charge in [0.25, 0.3) is 0 Å². The van der Waals surface area contributed by atoms with Crippen LogP contribution in [0.2, 0.25) is 0 Å². The minimum atomic E-state index is 0.194. The average Bonchev–Trinajstić information content (AvgIpc) is 2.79. The van der Waals surface area contributed by atoms with Gasteiger partial charge in [-0.15, -0.1) is 0 Å². The monoisotopic (exact) mass is 226 g/mol. The lowest BCUT2D eigenvalue weighted by Gasteiger charge is -2.39. The summed E-state index contributed by atoms with van der Waals surface area (Å²) < 4.78 is 5.36. The summed E-state index contributed by atoms with van der Waals surface area (Å²) in [6, 6.07) is 0.773. The Kier molecular flexibility index (Phi) is 4.18. The molecule has 0 aromatic rings. The van der Waals surface area contributed by atoms with Gasteiger partial charge in [-0.1, -0.05) is 12.8 Å². The van der Waals surface area contributed by atoms with E-state index in [1.807, 2.05) is 7.05 Å². The van der Waals surface area contributed by atoms with Crippen LogP contribution in [0.25, 0.3) is 0 Å². The Morgan fingerprint density at radius 1 is 1.44 bits per heavy atom. The van der Waals surface area contributed by atoms with Gasteiger partial charge in [0.15, 0.2) is 0 Å². The van der Waals surface area contributed by atoms with Crippen LogP contribution >= 0.6 is 0 Å². The van der Waals surface area contributed by atoms with Crippen molar-refractivity contribution in [1.29, 1.82) is 0 Å². The lowest BCUT2D eigenvalue weighted by atomic mass is 10.1. The van der Waals surface area contributed by atoms with Gasteiger partial charge in [-0.2, -0.15) is 0 Å². The van der Waals surface area contributed by atoms with E-state index in [0.717, 1.165) is 13.0 Å². The van der Waals surface area contributed by atoms with Gasteiger partial charge in [-0.05, 0) is 32.9 Å². The summed E-state index contributed by atoms with van der Waals surface area (Å²) >= 11 is 0. The van der Waals surface area contributed by atoms with Crippen molar-refractivity contribution in [3.8, 4) is 0 Å². The summed E-state index contributed by atoms with van der Waals surface area (Å²) in [5, 5.41) is 3.15. The molecule has 0 radical (unpaired) electrons. The smallest absolute Gasteiger partial charge is 0.249 e. The molecule has 1 saturated heterocycles. The molecule has 2 aliphatic rings. The number of carbonyl (C=O) groups is 1. The van der Waals surface area contributed by atoms with E-state index in [-0.39, 0.29) is 18.6 Å². The Bertz CT molecular complexity index is 239. The van der Waals surface area contributed by atoms with Gasteiger partial charge in [0.2, 0.25) is 5.91 Å². The van der Waals surface area contributed by atoms with Crippen molar-refractivity contribution in [1.82, 2.24) is 10.2 Å². The summed E-state index contributed by atoms with van der Waals surface area (Å²) in [4.78, 5) is 14.1. The Balaban J connectivity index is 1.98. The second-order valence-electron chi connectivity index (χ2n) is 4.80. The van der Waals surface area contributed by atoms with Crippen LogP contribution in [-0.4, -0.2) is 49.7 Å². The van der Waals surface area contributed by atoms with Crippen molar-refractivity contribution >= 4 is 5.91 Å². The fourth-order valence-corrected chi connectivity index (χ4v) is 2.86. The molecule has 1 aliphatic heterocycles. The first-order valence-electron chi connectivity index (χ1n) is 6.36. The molecule has 4 heteroatoms. The van der Waals surface area contributed by atoms with Crippen molar-refractivity contribution in [3.05, 3.63) is 0 Å². The average molecular weight is 226 g/mol. The Hall–Kier alpha value is -0.610. The van der Waals surface area contributed by atoms with Gasteiger partial charge in [0.1, 0.15) is 6.61 Å². The summed E-state index contributed by atoms with van der Waals surface area (Å²) in [5.41, 5.74) is 0. The maximum atomic E-state index is 11.9. The predicted octanol–water partition coefficient (Wildman–Crippen LogP) is 0.766. The highest BCUT2D eigenvalue weighted by Crippen LogP contribution is 2.27. The SMILES string of the molecule is CNCCC1COCC(=O)N1C1CCCC1. The highest BCUT2D eigenvalue weighted by Gasteiger charge is 2.35. The van der Waals surface area contributed by atoms with Gasteiger partial charge in [-0.3, -0.25) is 4.79 Å². The van der Waals surface area contributed by atoms with Gasteiger partial charge in [0, 0.05) is 6.04 Å². The molecule has 2 fully saturated rings. The molecule has 16 heavy (non-hydrogen) atoms. The first-order valence-corrected chi connectivity index (χ1v) is 6.36. The van der Waals surface area contributed by atoms with Crippen molar-refractivity contribution in [3.63, 3.8) is 0 Å². The molecule has 0 spiro atoms. The Morgan fingerprint density at radius 3 is 2.88 bits per heavy atom. The molecule has 0 bridgehead atoms. The molecule has 1 amide bonds. The fourth-order valence-electron chi connectivity index (χ4n) is 2.86. The van der Waals surface area contributed by atoms with Crippen LogP contribution in [0.1, 0.15) is 32.1 Å². The minimum Gasteiger partial charge on any atom is -0.369 e. The van der Waals surface area contributed by atoms with E-state index >= 15 is 0 Å². The number of hydrogen-bond acceptors (Lipinski definition) is 3.